The van der Waals surface area contributed by atoms with Gasteiger partial charge in [-0.2, -0.15) is 0 Å². The van der Waals surface area contributed by atoms with Gasteiger partial charge in [0, 0.05) is 16.9 Å². The van der Waals surface area contributed by atoms with Gasteiger partial charge in [0.05, 0.1) is 12.2 Å². The van der Waals surface area contributed by atoms with Gasteiger partial charge in [0.1, 0.15) is 5.75 Å². The predicted octanol–water partition coefficient (Wildman–Crippen LogP) is 4.11. The average Bonchev–Trinajstić information content (AvgIpc) is 2.85. The molecule has 2 aromatic rings. The summed E-state index contributed by atoms with van der Waals surface area (Å²) < 4.78 is 5.74. The third-order valence-electron chi connectivity index (χ3n) is 3.23. The van der Waals surface area contributed by atoms with Crippen molar-refractivity contribution in [3.63, 3.8) is 0 Å². The van der Waals surface area contributed by atoms with Crippen LogP contribution in [0.2, 0.25) is 0 Å². The molecule has 0 bridgehead atoms. The lowest BCUT2D eigenvalue weighted by molar-refractivity contribution is 0.103. The minimum atomic E-state index is 0.0876. The van der Waals surface area contributed by atoms with E-state index in [1.54, 1.807) is 11.3 Å². The van der Waals surface area contributed by atoms with Crippen molar-refractivity contribution >= 4 is 23.2 Å². The molecule has 1 aliphatic rings. The van der Waals surface area contributed by atoms with Crippen LogP contribution in [0.1, 0.15) is 27.2 Å². The third kappa shape index (κ3) is 2.34. The van der Waals surface area contributed by atoms with E-state index in [0.717, 1.165) is 21.8 Å². The maximum absolute atomic E-state index is 12.6. The predicted molar refractivity (Wildman–Crippen MR) is 77.9 cm³/mol. The maximum atomic E-state index is 12.6. The van der Waals surface area contributed by atoms with Crippen LogP contribution in [0.15, 0.2) is 41.3 Å². The fourth-order valence-electron chi connectivity index (χ4n) is 2.26. The number of ketones is 1. The Hall–Kier alpha value is -1.87. The van der Waals surface area contributed by atoms with Gasteiger partial charge in [-0.15, -0.1) is 11.3 Å². The van der Waals surface area contributed by atoms with Crippen molar-refractivity contribution in [2.24, 2.45) is 0 Å². The van der Waals surface area contributed by atoms with Crippen LogP contribution in [-0.2, 0) is 0 Å². The van der Waals surface area contributed by atoms with Gasteiger partial charge in [0.2, 0.25) is 0 Å². The van der Waals surface area contributed by atoms with Gasteiger partial charge in [-0.25, -0.2) is 0 Å². The van der Waals surface area contributed by atoms with Crippen molar-refractivity contribution in [1.82, 2.24) is 0 Å². The topological polar surface area (TPSA) is 26.3 Å². The van der Waals surface area contributed by atoms with Crippen LogP contribution >= 0.6 is 11.3 Å². The number of ether oxygens (including phenoxy) is 1. The molecule has 1 aromatic heterocycles. The number of fused-ring (bicyclic) bond motifs is 1. The number of rotatable bonds is 1. The number of hydrogen-bond donors (Lipinski definition) is 0. The summed E-state index contributed by atoms with van der Waals surface area (Å²) in [5, 5.41) is 2.02. The quantitative estimate of drug-likeness (QED) is 0.729. The Morgan fingerprint density at radius 1 is 1.26 bits per heavy atom. The van der Waals surface area contributed by atoms with E-state index in [9.17, 15) is 4.79 Å². The third-order valence-corrected chi connectivity index (χ3v) is 4.04. The van der Waals surface area contributed by atoms with Gasteiger partial charge in [0.15, 0.2) is 5.78 Å². The minimum absolute atomic E-state index is 0.0876. The molecule has 0 fully saturated rings. The number of carbonyl (C=O) groups is 1. The summed E-state index contributed by atoms with van der Waals surface area (Å²) in [4.78, 5) is 13.7. The molecule has 2 nitrogen and oxygen atoms in total. The monoisotopic (exact) mass is 270 g/mol. The molecule has 0 aliphatic carbocycles. The van der Waals surface area contributed by atoms with E-state index in [-0.39, 0.29) is 5.78 Å². The zero-order valence-electron chi connectivity index (χ0n) is 10.7. The standard InChI is InChI=1S/C16H14O2S/c1-11-4-2-6-14-15(17)12(7-8-18-16(11)14)10-13-5-3-9-19-13/h2-6,9-10H,7-8H2,1H3/b12-10-. The molecule has 0 unspecified atom stereocenters. The minimum Gasteiger partial charge on any atom is -0.492 e. The molecule has 1 aliphatic heterocycles. The Bertz CT molecular complexity index is 639. The summed E-state index contributed by atoms with van der Waals surface area (Å²) in [6, 6.07) is 9.74. The van der Waals surface area contributed by atoms with Crippen molar-refractivity contribution in [3.05, 3.63) is 57.3 Å². The summed E-state index contributed by atoms with van der Waals surface area (Å²) in [6.07, 6.45) is 2.64. The highest BCUT2D eigenvalue weighted by atomic mass is 32.1. The molecule has 0 saturated carbocycles. The van der Waals surface area contributed by atoms with Crippen molar-refractivity contribution < 1.29 is 9.53 Å². The number of hydrogen-bond acceptors (Lipinski definition) is 3. The first-order valence-electron chi connectivity index (χ1n) is 6.27. The van der Waals surface area contributed by atoms with Crippen molar-refractivity contribution in [2.75, 3.05) is 6.61 Å². The van der Waals surface area contributed by atoms with E-state index in [0.29, 0.717) is 18.6 Å². The second-order valence-corrected chi connectivity index (χ2v) is 5.54. The van der Waals surface area contributed by atoms with Gasteiger partial charge in [-0.3, -0.25) is 4.79 Å². The molecule has 3 rings (SSSR count). The molecule has 0 atom stereocenters. The van der Waals surface area contributed by atoms with E-state index in [1.807, 2.05) is 48.7 Å². The summed E-state index contributed by atoms with van der Waals surface area (Å²) in [6.45, 7) is 2.53. The first-order valence-corrected chi connectivity index (χ1v) is 7.15. The smallest absolute Gasteiger partial charge is 0.192 e. The Morgan fingerprint density at radius 3 is 2.95 bits per heavy atom. The fraction of sp³-hybridized carbons (Fsp3) is 0.188. The van der Waals surface area contributed by atoms with E-state index in [2.05, 4.69) is 0 Å². The molecule has 0 spiro atoms. The van der Waals surface area contributed by atoms with Crippen molar-refractivity contribution in [3.8, 4) is 5.75 Å². The summed E-state index contributed by atoms with van der Waals surface area (Å²) in [7, 11) is 0. The molecule has 96 valence electrons. The van der Waals surface area contributed by atoms with E-state index in [1.165, 1.54) is 0 Å². The van der Waals surface area contributed by atoms with Crippen LogP contribution < -0.4 is 4.74 Å². The normalized spacial score (nSPS) is 16.9. The van der Waals surface area contributed by atoms with Crippen molar-refractivity contribution in [1.29, 1.82) is 0 Å². The van der Waals surface area contributed by atoms with Crippen LogP contribution in [0.3, 0.4) is 0 Å². The zero-order valence-corrected chi connectivity index (χ0v) is 11.5. The molecule has 0 N–H and O–H groups in total. The molecule has 2 heterocycles. The number of aryl methyl sites for hydroxylation is 1. The highest BCUT2D eigenvalue weighted by molar-refractivity contribution is 7.10. The van der Waals surface area contributed by atoms with Crippen LogP contribution in [0.5, 0.6) is 5.75 Å². The van der Waals surface area contributed by atoms with Gasteiger partial charge < -0.3 is 4.74 Å². The SMILES string of the molecule is Cc1cccc2c1OCC/C(=C/c1cccs1)C2=O. The van der Waals surface area contributed by atoms with E-state index < -0.39 is 0 Å². The lowest BCUT2D eigenvalue weighted by Gasteiger charge is -2.08. The Morgan fingerprint density at radius 2 is 2.16 bits per heavy atom. The lowest BCUT2D eigenvalue weighted by atomic mass is 9.99. The van der Waals surface area contributed by atoms with Gasteiger partial charge in [0.25, 0.3) is 0 Å². The Balaban J connectivity index is 2.05. The highest BCUT2D eigenvalue weighted by Gasteiger charge is 2.22. The summed E-state index contributed by atoms with van der Waals surface area (Å²) >= 11 is 1.64. The zero-order chi connectivity index (χ0) is 13.2. The first-order chi connectivity index (χ1) is 9.25. The van der Waals surface area contributed by atoms with Crippen LogP contribution in [0.4, 0.5) is 0 Å². The molecule has 0 saturated heterocycles. The molecule has 0 radical (unpaired) electrons. The number of benzene rings is 1. The Kier molecular flexibility index (Phi) is 3.22. The first kappa shape index (κ1) is 12.2. The van der Waals surface area contributed by atoms with E-state index in [4.69, 9.17) is 4.74 Å². The molecule has 19 heavy (non-hydrogen) atoms. The molecule has 0 amide bonds. The molecule has 1 aromatic carbocycles. The fourth-order valence-corrected chi connectivity index (χ4v) is 2.94. The van der Waals surface area contributed by atoms with E-state index >= 15 is 0 Å². The van der Waals surface area contributed by atoms with Gasteiger partial charge in [-0.05, 0) is 36.1 Å². The molecular formula is C16H14O2S. The highest BCUT2D eigenvalue weighted by Crippen LogP contribution is 2.30. The van der Waals surface area contributed by atoms with Crippen molar-refractivity contribution in [2.45, 2.75) is 13.3 Å². The van der Waals surface area contributed by atoms with Gasteiger partial charge >= 0.3 is 0 Å². The molecule has 3 heteroatoms. The largest absolute Gasteiger partial charge is 0.492 e. The van der Waals surface area contributed by atoms with Crippen LogP contribution in [0.25, 0.3) is 6.08 Å². The number of Topliss-reactive ketones (excluding diaryl/α,β-unsaturated/α-hetero) is 1. The summed E-state index contributed by atoms with van der Waals surface area (Å²) in [5.74, 6) is 0.826. The lowest BCUT2D eigenvalue weighted by Crippen LogP contribution is -2.02. The van der Waals surface area contributed by atoms with Gasteiger partial charge in [-0.1, -0.05) is 18.2 Å². The average molecular weight is 270 g/mol. The second-order valence-electron chi connectivity index (χ2n) is 4.56. The number of thiophene rings is 1. The second kappa shape index (κ2) is 5.02. The number of carbonyl (C=O) groups excluding carboxylic acids is 1. The van der Waals surface area contributed by atoms with Crippen LogP contribution in [-0.4, -0.2) is 12.4 Å². The maximum Gasteiger partial charge on any atom is 0.192 e. The van der Waals surface area contributed by atoms with Crippen LogP contribution in [0, 0.1) is 6.92 Å². The number of para-hydroxylation sites is 1. The Labute approximate surface area is 116 Å². The summed E-state index contributed by atoms with van der Waals surface area (Å²) in [5.41, 5.74) is 2.52. The molecular weight excluding hydrogens is 256 g/mol.